The number of aliphatic imine (C=N–C) groups is 1. The molecule has 1 aromatic heterocycles. The first-order valence-electron chi connectivity index (χ1n) is 9.66. The largest absolute Gasteiger partial charge is 0.353 e. The topological polar surface area (TPSA) is 52.6 Å². The van der Waals surface area contributed by atoms with E-state index in [4.69, 9.17) is 11.6 Å². The van der Waals surface area contributed by atoms with Crippen LogP contribution >= 0.6 is 35.6 Å². The van der Waals surface area contributed by atoms with Gasteiger partial charge in [-0.2, -0.15) is 0 Å². The van der Waals surface area contributed by atoms with E-state index in [2.05, 4.69) is 43.7 Å². The lowest BCUT2D eigenvalue weighted by Crippen LogP contribution is -2.44. The number of hydrogen-bond acceptors (Lipinski definition) is 3. The van der Waals surface area contributed by atoms with Crippen molar-refractivity contribution in [2.45, 2.75) is 38.3 Å². The molecule has 1 atom stereocenters. The molecule has 2 aromatic rings. The fourth-order valence-electron chi connectivity index (χ4n) is 3.99. The number of guanidine groups is 1. The van der Waals surface area contributed by atoms with Crippen LogP contribution in [0.2, 0.25) is 5.02 Å². The van der Waals surface area contributed by atoms with Gasteiger partial charge in [-0.1, -0.05) is 29.8 Å². The lowest BCUT2D eigenvalue weighted by Gasteiger charge is -2.20. The third-order valence-corrected chi connectivity index (χ3v) is 5.71. The van der Waals surface area contributed by atoms with Crippen LogP contribution in [0.5, 0.6) is 0 Å². The fourth-order valence-corrected chi connectivity index (χ4v) is 4.23. The molecular formula is C21H27ClIN5. The molecule has 0 bridgehead atoms. The van der Waals surface area contributed by atoms with Gasteiger partial charge in [0.15, 0.2) is 5.96 Å². The van der Waals surface area contributed by atoms with Crippen molar-refractivity contribution >= 4 is 47.4 Å². The van der Waals surface area contributed by atoms with Gasteiger partial charge in [0.2, 0.25) is 0 Å². The maximum Gasteiger partial charge on any atom is 0.191 e. The maximum atomic E-state index is 6.28. The average molecular weight is 512 g/mol. The zero-order chi connectivity index (χ0) is 18.6. The monoisotopic (exact) mass is 511 g/mol. The molecule has 5 nitrogen and oxygen atoms in total. The Kier molecular flexibility index (Phi) is 7.40. The zero-order valence-electron chi connectivity index (χ0n) is 16.1. The number of halogens is 2. The Balaban J connectivity index is 0.00000225. The van der Waals surface area contributed by atoms with Crippen LogP contribution in [0, 0.1) is 0 Å². The number of anilines is 1. The molecule has 2 N–H and O–H groups in total. The molecule has 2 heterocycles. The predicted molar refractivity (Wildman–Crippen MR) is 127 cm³/mol. The van der Waals surface area contributed by atoms with Crippen molar-refractivity contribution in [1.29, 1.82) is 0 Å². The molecule has 1 unspecified atom stereocenters. The van der Waals surface area contributed by atoms with E-state index in [1.54, 1.807) is 6.20 Å². The highest BCUT2D eigenvalue weighted by Crippen LogP contribution is 2.26. The Hall–Kier alpha value is -1.54. The number of nitrogens with one attached hydrogen (secondary N) is 2. The van der Waals surface area contributed by atoms with Crippen molar-refractivity contribution in [3.8, 4) is 0 Å². The molecule has 1 aliphatic heterocycles. The van der Waals surface area contributed by atoms with Gasteiger partial charge in [-0.25, -0.2) is 4.98 Å². The first kappa shape index (κ1) is 21.2. The molecule has 1 aromatic carbocycles. The summed E-state index contributed by atoms with van der Waals surface area (Å²) in [5.41, 5.74) is 4.34. The number of benzene rings is 1. The summed E-state index contributed by atoms with van der Waals surface area (Å²) < 4.78 is 0. The minimum Gasteiger partial charge on any atom is -0.353 e. The second-order valence-corrected chi connectivity index (χ2v) is 7.67. The van der Waals surface area contributed by atoms with Gasteiger partial charge in [0.05, 0.1) is 5.02 Å². The summed E-state index contributed by atoms with van der Waals surface area (Å²) in [6, 6.07) is 10.9. The number of hydrogen-bond donors (Lipinski definition) is 2. The van der Waals surface area contributed by atoms with Gasteiger partial charge in [-0.05, 0) is 54.5 Å². The van der Waals surface area contributed by atoms with E-state index < -0.39 is 0 Å². The van der Waals surface area contributed by atoms with Crippen molar-refractivity contribution in [3.63, 3.8) is 0 Å². The molecule has 7 heteroatoms. The Morgan fingerprint density at radius 1 is 1.29 bits per heavy atom. The summed E-state index contributed by atoms with van der Waals surface area (Å²) >= 11 is 6.28. The van der Waals surface area contributed by atoms with E-state index in [0.29, 0.717) is 11.1 Å². The van der Waals surface area contributed by atoms with E-state index in [0.717, 1.165) is 37.8 Å². The summed E-state index contributed by atoms with van der Waals surface area (Å²) in [4.78, 5) is 11.0. The molecule has 0 amide bonds. The molecule has 0 saturated carbocycles. The molecule has 2 aliphatic rings. The second kappa shape index (κ2) is 9.78. The van der Waals surface area contributed by atoms with E-state index >= 15 is 0 Å². The Bertz CT molecular complexity index is 841. The van der Waals surface area contributed by atoms with Gasteiger partial charge in [-0.3, -0.25) is 4.99 Å². The third-order valence-electron chi connectivity index (χ3n) is 5.41. The quantitative estimate of drug-likeness (QED) is 0.373. The molecule has 1 fully saturated rings. The minimum absolute atomic E-state index is 0. The number of pyridine rings is 1. The smallest absolute Gasteiger partial charge is 0.191 e. The fraction of sp³-hybridized carbons (Fsp3) is 0.429. The highest BCUT2D eigenvalue weighted by molar-refractivity contribution is 14.0. The lowest BCUT2D eigenvalue weighted by molar-refractivity contribution is 0.648. The Labute approximate surface area is 189 Å². The number of fused-ring (bicyclic) bond motifs is 1. The molecule has 1 saturated heterocycles. The normalized spacial score (nSPS) is 18.6. The predicted octanol–water partition coefficient (Wildman–Crippen LogP) is 3.79. The van der Waals surface area contributed by atoms with Gasteiger partial charge >= 0.3 is 0 Å². The first-order chi connectivity index (χ1) is 13.2. The second-order valence-electron chi connectivity index (χ2n) is 7.27. The molecule has 4 rings (SSSR count). The highest BCUT2D eigenvalue weighted by atomic mass is 127. The van der Waals surface area contributed by atoms with Crippen LogP contribution < -0.4 is 15.5 Å². The Morgan fingerprint density at radius 2 is 2.14 bits per heavy atom. The van der Waals surface area contributed by atoms with Crippen molar-refractivity contribution in [2.75, 3.05) is 25.0 Å². The van der Waals surface area contributed by atoms with Crippen molar-refractivity contribution in [3.05, 3.63) is 58.2 Å². The van der Waals surface area contributed by atoms with Crippen molar-refractivity contribution in [2.24, 2.45) is 4.99 Å². The third kappa shape index (κ3) is 4.89. The SMILES string of the molecule is CN=C(NCc1ccc2c(c1)CCC2)NC1CCN(c2ncccc2Cl)C1.I. The van der Waals surface area contributed by atoms with E-state index in [1.165, 1.54) is 36.0 Å². The highest BCUT2D eigenvalue weighted by Gasteiger charge is 2.25. The van der Waals surface area contributed by atoms with Gasteiger partial charge in [0.1, 0.15) is 5.82 Å². The number of rotatable bonds is 4. The number of aryl methyl sites for hydroxylation is 2. The van der Waals surface area contributed by atoms with E-state index in [1.807, 2.05) is 19.2 Å². The van der Waals surface area contributed by atoms with Crippen LogP contribution in [0.3, 0.4) is 0 Å². The van der Waals surface area contributed by atoms with Crippen LogP contribution in [0.1, 0.15) is 29.5 Å². The van der Waals surface area contributed by atoms with Gasteiger partial charge in [0.25, 0.3) is 0 Å². The van der Waals surface area contributed by atoms with Crippen LogP contribution in [-0.2, 0) is 19.4 Å². The molecule has 150 valence electrons. The lowest BCUT2D eigenvalue weighted by atomic mass is 10.1. The average Bonchev–Trinajstić information content (AvgIpc) is 3.34. The van der Waals surface area contributed by atoms with Gasteiger partial charge in [-0.15, -0.1) is 24.0 Å². The molecule has 0 spiro atoms. The summed E-state index contributed by atoms with van der Waals surface area (Å²) in [6.07, 6.45) is 6.55. The summed E-state index contributed by atoms with van der Waals surface area (Å²) in [5, 5.41) is 7.69. The van der Waals surface area contributed by atoms with Crippen LogP contribution in [0.4, 0.5) is 5.82 Å². The van der Waals surface area contributed by atoms with E-state index in [9.17, 15) is 0 Å². The summed E-state index contributed by atoms with van der Waals surface area (Å²) in [7, 11) is 1.82. The first-order valence-corrected chi connectivity index (χ1v) is 10.0. The minimum atomic E-state index is 0. The maximum absolute atomic E-state index is 6.28. The van der Waals surface area contributed by atoms with Crippen molar-refractivity contribution in [1.82, 2.24) is 15.6 Å². The standard InChI is InChI=1S/C21H26ClN5.HI/c1-23-21(25-13-15-7-8-16-4-2-5-17(16)12-15)26-18-9-11-27(14-18)20-19(22)6-3-10-24-20;/h3,6-8,10,12,18H,2,4-5,9,11,13-14H2,1H3,(H2,23,25,26);1H. The van der Waals surface area contributed by atoms with Crippen LogP contribution in [0.25, 0.3) is 0 Å². The molecular weight excluding hydrogens is 485 g/mol. The summed E-state index contributed by atoms with van der Waals surface area (Å²) in [5.74, 6) is 1.71. The summed E-state index contributed by atoms with van der Waals surface area (Å²) in [6.45, 7) is 2.60. The molecule has 0 radical (unpaired) electrons. The van der Waals surface area contributed by atoms with Gasteiger partial charge < -0.3 is 15.5 Å². The number of nitrogens with zero attached hydrogens (tertiary/aromatic N) is 3. The van der Waals surface area contributed by atoms with Crippen LogP contribution in [0.15, 0.2) is 41.5 Å². The molecule has 28 heavy (non-hydrogen) atoms. The van der Waals surface area contributed by atoms with Crippen molar-refractivity contribution < 1.29 is 0 Å². The van der Waals surface area contributed by atoms with Crippen LogP contribution in [-0.4, -0.2) is 37.1 Å². The van der Waals surface area contributed by atoms with Gasteiger partial charge in [0, 0.05) is 38.9 Å². The van der Waals surface area contributed by atoms with E-state index in [-0.39, 0.29) is 24.0 Å². The Morgan fingerprint density at radius 3 is 2.96 bits per heavy atom. The molecule has 1 aliphatic carbocycles. The zero-order valence-corrected chi connectivity index (χ0v) is 19.2. The number of aromatic nitrogens is 1.